The van der Waals surface area contributed by atoms with E-state index >= 15 is 0 Å². The number of hydrogen-bond acceptors (Lipinski definition) is 7. The maximum absolute atomic E-state index is 14.3. The molecule has 0 fully saturated rings. The van der Waals surface area contributed by atoms with E-state index in [-0.39, 0.29) is 25.4 Å². The van der Waals surface area contributed by atoms with Gasteiger partial charge < -0.3 is 31.1 Å². The molecule has 0 radical (unpaired) electrons. The number of amides is 2. The largest absolute Gasteiger partial charge is 0.465 e. The molecule has 0 bridgehead atoms. The van der Waals surface area contributed by atoms with Gasteiger partial charge in [0.15, 0.2) is 6.04 Å². The van der Waals surface area contributed by atoms with Crippen LogP contribution in [0.25, 0.3) is 11.1 Å². The fourth-order valence-electron chi connectivity index (χ4n) is 6.45. The summed E-state index contributed by atoms with van der Waals surface area (Å²) in [5.41, 5.74) is 9.87. The van der Waals surface area contributed by atoms with E-state index in [4.69, 9.17) is 10.5 Å². The fraction of sp³-hybridized carbons (Fsp3) is 0.270. The Hall–Kier alpha value is -5.03. The molecule has 0 aromatic heterocycles. The van der Waals surface area contributed by atoms with Crippen molar-refractivity contribution in [3.63, 3.8) is 0 Å². The van der Waals surface area contributed by atoms with E-state index in [1.165, 1.54) is 6.92 Å². The SMILES string of the molecule is CC(O)C(N)(Cc1ccccc1)N(C(=O)O)C(C(=O)OCC1c2ccccc2-c2ccccc21)C(O)C(Cc1ccccc1)NC=O. The zero-order valence-corrected chi connectivity index (χ0v) is 26.0. The molecule has 6 N–H and O–H groups in total. The highest BCUT2D eigenvalue weighted by Crippen LogP contribution is 2.44. The minimum absolute atomic E-state index is 0.0618. The van der Waals surface area contributed by atoms with Gasteiger partial charge in [0.25, 0.3) is 0 Å². The first kappa shape index (κ1) is 33.3. The highest BCUT2D eigenvalue weighted by molar-refractivity contribution is 5.83. The predicted molar refractivity (Wildman–Crippen MR) is 176 cm³/mol. The molecule has 5 unspecified atom stereocenters. The molecule has 10 heteroatoms. The first-order valence-corrected chi connectivity index (χ1v) is 15.5. The monoisotopic (exact) mass is 637 g/mol. The van der Waals surface area contributed by atoms with Crippen molar-refractivity contribution in [3.8, 4) is 11.1 Å². The Labute approximate surface area is 273 Å². The van der Waals surface area contributed by atoms with Gasteiger partial charge in [0.05, 0.1) is 12.1 Å². The van der Waals surface area contributed by atoms with Crippen LogP contribution in [0.5, 0.6) is 0 Å². The van der Waals surface area contributed by atoms with Crippen LogP contribution in [0.4, 0.5) is 4.79 Å². The Balaban J connectivity index is 1.54. The summed E-state index contributed by atoms with van der Waals surface area (Å²) >= 11 is 0. The second kappa shape index (κ2) is 14.6. The Morgan fingerprint density at radius 1 is 0.872 bits per heavy atom. The van der Waals surface area contributed by atoms with Gasteiger partial charge in [0, 0.05) is 12.3 Å². The van der Waals surface area contributed by atoms with E-state index in [1.807, 2.05) is 54.6 Å². The van der Waals surface area contributed by atoms with Crippen molar-refractivity contribution in [1.82, 2.24) is 10.2 Å². The van der Waals surface area contributed by atoms with Gasteiger partial charge in [-0.1, -0.05) is 109 Å². The highest BCUT2D eigenvalue weighted by Gasteiger charge is 2.51. The number of hydrogen-bond donors (Lipinski definition) is 5. The summed E-state index contributed by atoms with van der Waals surface area (Å²) in [5, 5.41) is 36.2. The Kier molecular flexibility index (Phi) is 10.4. The van der Waals surface area contributed by atoms with Gasteiger partial charge in [-0.05, 0) is 46.7 Å². The van der Waals surface area contributed by atoms with Gasteiger partial charge >= 0.3 is 12.1 Å². The molecular formula is C37H39N3O7. The minimum Gasteiger partial charge on any atom is -0.465 e. The molecule has 0 heterocycles. The molecule has 4 aromatic carbocycles. The van der Waals surface area contributed by atoms with Crippen LogP contribution >= 0.6 is 0 Å². The van der Waals surface area contributed by atoms with E-state index < -0.39 is 42.0 Å². The fourth-order valence-corrected chi connectivity index (χ4v) is 6.45. The maximum atomic E-state index is 14.3. The second-order valence-corrected chi connectivity index (χ2v) is 11.9. The van der Waals surface area contributed by atoms with Gasteiger partial charge in [0.2, 0.25) is 6.41 Å². The van der Waals surface area contributed by atoms with Crippen LogP contribution in [-0.4, -0.2) is 75.3 Å². The summed E-state index contributed by atoms with van der Waals surface area (Å²) in [6.07, 6.45) is -4.74. The van der Waals surface area contributed by atoms with E-state index in [1.54, 1.807) is 54.6 Å². The third kappa shape index (κ3) is 7.05. The smallest absolute Gasteiger partial charge is 0.409 e. The molecule has 0 saturated carbocycles. The topological polar surface area (TPSA) is 162 Å². The van der Waals surface area contributed by atoms with Crippen LogP contribution in [0.3, 0.4) is 0 Å². The summed E-state index contributed by atoms with van der Waals surface area (Å²) in [7, 11) is 0. The van der Waals surface area contributed by atoms with Crippen LogP contribution in [0.15, 0.2) is 109 Å². The van der Waals surface area contributed by atoms with Crippen molar-refractivity contribution in [2.24, 2.45) is 5.73 Å². The standard InChI is InChI=1S/C37H39N3O7/c1-24(42)37(38,21-26-14-6-3-7-15-26)40(36(45)46)33(34(43)32(39-23-41)20-25-12-4-2-5-13-25)35(44)47-22-31-29-18-10-8-16-27(29)28-17-9-11-19-30(28)31/h2-19,23-24,31-34,42-43H,20-22,38H2,1H3,(H,39,41)(H,45,46). The number of carbonyl (C=O) groups is 3. The van der Waals surface area contributed by atoms with Crippen molar-refractivity contribution in [2.75, 3.05) is 6.61 Å². The number of nitrogens with zero attached hydrogens (tertiary/aromatic N) is 1. The number of carboxylic acid groups (broad SMARTS) is 1. The average molecular weight is 638 g/mol. The highest BCUT2D eigenvalue weighted by atomic mass is 16.5. The first-order chi connectivity index (χ1) is 22.7. The maximum Gasteiger partial charge on any atom is 0.409 e. The van der Waals surface area contributed by atoms with E-state index in [0.717, 1.165) is 27.8 Å². The quantitative estimate of drug-likeness (QED) is 0.0795. The van der Waals surface area contributed by atoms with Crippen LogP contribution in [0.1, 0.15) is 35.1 Å². The molecule has 0 saturated heterocycles. The molecule has 5 rings (SSSR count). The second-order valence-electron chi connectivity index (χ2n) is 11.9. The zero-order chi connectivity index (χ0) is 33.6. The van der Waals surface area contributed by atoms with Crippen molar-refractivity contribution in [3.05, 3.63) is 131 Å². The summed E-state index contributed by atoms with van der Waals surface area (Å²) in [5.74, 6) is -1.42. The molecule has 4 aromatic rings. The predicted octanol–water partition coefficient (Wildman–Crippen LogP) is 3.69. The number of benzene rings is 4. The Morgan fingerprint density at radius 3 is 1.89 bits per heavy atom. The summed E-state index contributed by atoms with van der Waals surface area (Å²) in [6.45, 7) is 1.17. The molecule has 47 heavy (non-hydrogen) atoms. The summed E-state index contributed by atoms with van der Waals surface area (Å²) in [6, 6.07) is 30.1. The first-order valence-electron chi connectivity index (χ1n) is 15.5. The van der Waals surface area contributed by atoms with E-state index in [9.17, 15) is 29.7 Å². The number of aliphatic hydroxyl groups excluding tert-OH is 2. The van der Waals surface area contributed by atoms with Gasteiger partial charge in [0.1, 0.15) is 18.4 Å². The van der Waals surface area contributed by atoms with Gasteiger partial charge in [-0.3, -0.25) is 9.69 Å². The summed E-state index contributed by atoms with van der Waals surface area (Å²) in [4.78, 5) is 39.7. The zero-order valence-electron chi connectivity index (χ0n) is 26.0. The molecule has 10 nitrogen and oxygen atoms in total. The summed E-state index contributed by atoms with van der Waals surface area (Å²) < 4.78 is 5.90. The molecule has 0 aliphatic heterocycles. The minimum atomic E-state index is -2.09. The Bertz CT molecular complexity index is 1640. The Morgan fingerprint density at radius 2 is 1.38 bits per heavy atom. The lowest BCUT2D eigenvalue weighted by molar-refractivity contribution is -0.161. The third-order valence-electron chi connectivity index (χ3n) is 8.90. The van der Waals surface area contributed by atoms with Gasteiger partial charge in [-0.25, -0.2) is 9.59 Å². The van der Waals surface area contributed by atoms with Crippen LogP contribution in [0, 0.1) is 0 Å². The normalized spacial score (nSPS) is 16.0. The molecule has 2 amide bonds. The lowest BCUT2D eigenvalue weighted by Gasteiger charge is -2.46. The number of nitrogens with two attached hydrogens (primary N) is 1. The van der Waals surface area contributed by atoms with E-state index in [2.05, 4.69) is 5.32 Å². The van der Waals surface area contributed by atoms with Gasteiger partial charge in [-0.15, -0.1) is 0 Å². The lowest BCUT2D eigenvalue weighted by atomic mass is 9.89. The number of rotatable bonds is 14. The van der Waals surface area contributed by atoms with Crippen molar-refractivity contribution < 1.29 is 34.4 Å². The number of carbonyl (C=O) groups excluding carboxylic acids is 2. The molecule has 1 aliphatic rings. The van der Waals surface area contributed by atoms with Crippen LogP contribution < -0.4 is 11.1 Å². The number of nitrogens with one attached hydrogen (secondary N) is 1. The number of aliphatic hydroxyl groups is 2. The molecule has 244 valence electrons. The molecule has 5 atom stereocenters. The van der Waals surface area contributed by atoms with Crippen molar-refractivity contribution in [1.29, 1.82) is 0 Å². The van der Waals surface area contributed by atoms with Crippen molar-refractivity contribution in [2.45, 2.75) is 55.6 Å². The number of fused-ring (bicyclic) bond motifs is 3. The van der Waals surface area contributed by atoms with Crippen molar-refractivity contribution >= 4 is 18.5 Å². The lowest BCUT2D eigenvalue weighted by Crippen LogP contribution is -2.73. The van der Waals surface area contributed by atoms with Crippen LogP contribution in [-0.2, 0) is 27.2 Å². The average Bonchev–Trinajstić information content (AvgIpc) is 3.39. The van der Waals surface area contributed by atoms with E-state index in [0.29, 0.717) is 16.9 Å². The molecule has 0 spiro atoms. The third-order valence-corrected chi connectivity index (χ3v) is 8.90. The van der Waals surface area contributed by atoms with Gasteiger partial charge in [-0.2, -0.15) is 0 Å². The number of ether oxygens (including phenoxy) is 1. The van der Waals surface area contributed by atoms with Crippen LogP contribution in [0.2, 0.25) is 0 Å². The molecular weight excluding hydrogens is 598 g/mol. The molecule has 1 aliphatic carbocycles. The number of esters is 1.